The number of hydrogen-bond acceptors (Lipinski definition) is 5. The van der Waals surface area contributed by atoms with E-state index >= 15 is 0 Å². The van der Waals surface area contributed by atoms with Crippen molar-refractivity contribution in [3.8, 4) is 5.69 Å². The number of nitrogens with one attached hydrogen (secondary N) is 1. The Labute approximate surface area is 109 Å². The van der Waals surface area contributed by atoms with E-state index in [1.807, 2.05) is 31.2 Å². The van der Waals surface area contributed by atoms with Crippen molar-refractivity contribution >= 4 is 23.0 Å². The zero-order valence-corrected chi connectivity index (χ0v) is 10.4. The first-order chi connectivity index (χ1) is 8.66. The number of hydrazone groups is 1. The van der Waals surface area contributed by atoms with E-state index < -0.39 is 0 Å². The van der Waals surface area contributed by atoms with Gasteiger partial charge in [-0.1, -0.05) is 12.1 Å². The smallest absolute Gasteiger partial charge is 0.184 e. The molecule has 2 rings (SSSR count). The second kappa shape index (κ2) is 5.32. The molecule has 0 atom stereocenters. The van der Waals surface area contributed by atoms with Gasteiger partial charge in [0.25, 0.3) is 0 Å². The molecular formula is C10H11N7S. The van der Waals surface area contributed by atoms with E-state index in [1.165, 1.54) is 6.33 Å². The second-order valence-corrected chi connectivity index (χ2v) is 3.91. The number of tetrazole rings is 1. The number of hydrogen-bond donors (Lipinski definition) is 2. The third kappa shape index (κ3) is 2.86. The van der Waals surface area contributed by atoms with Crippen LogP contribution in [0.15, 0.2) is 35.7 Å². The molecule has 0 amide bonds. The highest BCUT2D eigenvalue weighted by Gasteiger charge is 2.00. The van der Waals surface area contributed by atoms with E-state index in [4.69, 9.17) is 5.73 Å². The number of thiocarbonyl (C=S) groups is 1. The van der Waals surface area contributed by atoms with Crippen LogP contribution in [0, 0.1) is 0 Å². The van der Waals surface area contributed by atoms with Crippen LogP contribution in [0.1, 0.15) is 12.5 Å². The minimum Gasteiger partial charge on any atom is -0.375 e. The fourth-order valence-electron chi connectivity index (χ4n) is 1.34. The van der Waals surface area contributed by atoms with Crippen molar-refractivity contribution in [2.24, 2.45) is 10.8 Å². The van der Waals surface area contributed by atoms with Crippen LogP contribution in [0.2, 0.25) is 0 Å². The Morgan fingerprint density at radius 3 is 2.67 bits per heavy atom. The summed E-state index contributed by atoms with van der Waals surface area (Å²) in [5.41, 5.74) is 10.5. The molecule has 1 aromatic carbocycles. The van der Waals surface area contributed by atoms with Gasteiger partial charge in [0.2, 0.25) is 0 Å². The van der Waals surface area contributed by atoms with Crippen LogP contribution in [0.3, 0.4) is 0 Å². The lowest BCUT2D eigenvalue weighted by Gasteiger charge is -2.03. The molecule has 0 fully saturated rings. The van der Waals surface area contributed by atoms with Crippen molar-refractivity contribution in [3.63, 3.8) is 0 Å². The Morgan fingerprint density at radius 1 is 1.39 bits per heavy atom. The number of nitrogens with zero attached hydrogens (tertiary/aromatic N) is 5. The number of aromatic nitrogens is 4. The Morgan fingerprint density at radius 2 is 2.11 bits per heavy atom. The molecule has 0 radical (unpaired) electrons. The Hall–Kier alpha value is -2.35. The lowest BCUT2D eigenvalue weighted by atomic mass is 10.1. The summed E-state index contributed by atoms with van der Waals surface area (Å²) >= 11 is 4.67. The highest BCUT2D eigenvalue weighted by atomic mass is 32.1. The number of nitrogens with two attached hydrogens (primary N) is 1. The molecule has 7 nitrogen and oxygen atoms in total. The summed E-state index contributed by atoms with van der Waals surface area (Å²) in [6.45, 7) is 1.86. The summed E-state index contributed by atoms with van der Waals surface area (Å²) in [6, 6.07) is 7.62. The molecule has 0 bridgehead atoms. The minimum absolute atomic E-state index is 0.139. The molecule has 0 aliphatic heterocycles. The molecule has 0 aliphatic carbocycles. The van der Waals surface area contributed by atoms with Crippen LogP contribution >= 0.6 is 12.2 Å². The fourth-order valence-corrected chi connectivity index (χ4v) is 1.38. The monoisotopic (exact) mass is 261 g/mol. The van der Waals surface area contributed by atoms with E-state index in [1.54, 1.807) is 4.68 Å². The molecule has 1 aromatic heterocycles. The molecule has 8 heteroatoms. The first-order valence-electron chi connectivity index (χ1n) is 5.10. The van der Waals surface area contributed by atoms with Crippen molar-refractivity contribution in [2.75, 3.05) is 0 Å². The molecule has 1 heterocycles. The summed E-state index contributed by atoms with van der Waals surface area (Å²) < 4.78 is 1.57. The SMILES string of the molecule is C/C(=N\NC(N)=S)c1ccc(-n2cnnn2)cc1. The molecule has 92 valence electrons. The maximum Gasteiger partial charge on any atom is 0.184 e. The van der Waals surface area contributed by atoms with Gasteiger partial charge in [0.05, 0.1) is 11.4 Å². The molecule has 0 aliphatic rings. The fraction of sp³-hybridized carbons (Fsp3) is 0.100. The van der Waals surface area contributed by atoms with Crippen molar-refractivity contribution in [3.05, 3.63) is 36.2 Å². The molecular weight excluding hydrogens is 250 g/mol. The highest BCUT2D eigenvalue weighted by molar-refractivity contribution is 7.80. The molecule has 0 spiro atoms. The van der Waals surface area contributed by atoms with Gasteiger partial charge in [-0.25, -0.2) is 4.68 Å². The van der Waals surface area contributed by atoms with Crippen LogP contribution in [0.4, 0.5) is 0 Å². The normalized spacial score (nSPS) is 11.3. The maximum atomic E-state index is 5.29. The van der Waals surface area contributed by atoms with Gasteiger partial charge in [0.1, 0.15) is 6.33 Å². The topological polar surface area (TPSA) is 94.0 Å². The third-order valence-electron chi connectivity index (χ3n) is 2.23. The van der Waals surface area contributed by atoms with Gasteiger partial charge in [0.15, 0.2) is 5.11 Å². The zero-order valence-electron chi connectivity index (χ0n) is 9.61. The summed E-state index contributed by atoms with van der Waals surface area (Å²) in [4.78, 5) is 0. The van der Waals surface area contributed by atoms with Crippen LogP contribution < -0.4 is 11.2 Å². The van der Waals surface area contributed by atoms with Crippen LogP contribution in [0.25, 0.3) is 5.69 Å². The lowest BCUT2D eigenvalue weighted by Crippen LogP contribution is -2.25. The van der Waals surface area contributed by atoms with Gasteiger partial charge in [-0.3, -0.25) is 5.43 Å². The third-order valence-corrected chi connectivity index (χ3v) is 2.32. The summed E-state index contributed by atoms with van der Waals surface area (Å²) in [7, 11) is 0. The Kier molecular flexibility index (Phi) is 3.58. The minimum atomic E-state index is 0.139. The predicted molar refractivity (Wildman–Crippen MR) is 71.3 cm³/mol. The quantitative estimate of drug-likeness (QED) is 0.466. The first kappa shape index (κ1) is 12.1. The van der Waals surface area contributed by atoms with Gasteiger partial charge in [-0.05, 0) is 47.3 Å². The number of benzene rings is 1. The van der Waals surface area contributed by atoms with Gasteiger partial charge in [-0.15, -0.1) is 5.10 Å². The van der Waals surface area contributed by atoms with Gasteiger partial charge in [0, 0.05) is 0 Å². The lowest BCUT2D eigenvalue weighted by molar-refractivity contribution is 0.789. The summed E-state index contributed by atoms with van der Waals surface area (Å²) in [5, 5.41) is 15.1. The maximum absolute atomic E-state index is 5.29. The van der Waals surface area contributed by atoms with E-state index in [-0.39, 0.29) is 5.11 Å². The van der Waals surface area contributed by atoms with Crippen molar-refractivity contribution < 1.29 is 0 Å². The van der Waals surface area contributed by atoms with Gasteiger partial charge in [-0.2, -0.15) is 5.10 Å². The van der Waals surface area contributed by atoms with Gasteiger partial charge >= 0.3 is 0 Å². The Bertz CT molecular complexity index is 558. The number of rotatable bonds is 3. The second-order valence-electron chi connectivity index (χ2n) is 3.47. The Balaban J connectivity index is 2.17. The molecule has 0 unspecified atom stereocenters. The van der Waals surface area contributed by atoms with Crippen molar-refractivity contribution in [1.29, 1.82) is 0 Å². The van der Waals surface area contributed by atoms with Crippen molar-refractivity contribution in [2.45, 2.75) is 6.92 Å². The molecule has 18 heavy (non-hydrogen) atoms. The van der Waals surface area contributed by atoms with E-state index in [0.29, 0.717) is 0 Å². The first-order valence-corrected chi connectivity index (χ1v) is 5.51. The summed E-state index contributed by atoms with van der Waals surface area (Å²) in [5.74, 6) is 0. The predicted octanol–water partition coefficient (Wildman–Crippen LogP) is 0.219. The van der Waals surface area contributed by atoms with Crippen LogP contribution in [-0.2, 0) is 0 Å². The molecule has 0 saturated heterocycles. The van der Waals surface area contributed by atoms with Crippen LogP contribution in [0.5, 0.6) is 0 Å². The van der Waals surface area contributed by atoms with E-state index in [2.05, 4.69) is 38.3 Å². The summed E-state index contributed by atoms with van der Waals surface area (Å²) in [6.07, 6.45) is 1.53. The zero-order chi connectivity index (χ0) is 13.0. The molecule has 3 N–H and O–H groups in total. The highest BCUT2D eigenvalue weighted by Crippen LogP contribution is 2.08. The average Bonchev–Trinajstić information content (AvgIpc) is 2.90. The average molecular weight is 261 g/mol. The molecule has 0 saturated carbocycles. The standard InChI is InChI=1S/C10H11N7S/c1-7(13-14-10(11)18)8-2-4-9(5-3-8)17-6-12-15-16-17/h2-6H,1H3,(H3,11,14,18)/b13-7+. The largest absolute Gasteiger partial charge is 0.375 e. The van der Waals surface area contributed by atoms with E-state index in [0.717, 1.165) is 17.0 Å². The molecule has 2 aromatic rings. The van der Waals surface area contributed by atoms with E-state index in [9.17, 15) is 0 Å². The van der Waals surface area contributed by atoms with Crippen LogP contribution in [-0.4, -0.2) is 31.0 Å². The van der Waals surface area contributed by atoms with Crippen molar-refractivity contribution in [1.82, 2.24) is 25.6 Å². The van der Waals surface area contributed by atoms with Gasteiger partial charge < -0.3 is 5.73 Å².